The summed E-state index contributed by atoms with van der Waals surface area (Å²) in [5, 5.41) is 0. The first kappa shape index (κ1) is 15.3. The predicted octanol–water partition coefficient (Wildman–Crippen LogP) is 2.46. The third kappa shape index (κ3) is 2.67. The van der Waals surface area contributed by atoms with Gasteiger partial charge < -0.3 is 5.73 Å². The molecule has 0 amide bonds. The molecule has 1 aliphatic heterocycles. The number of hydrogen-bond acceptors (Lipinski definition) is 3. The molecule has 1 aliphatic rings. The summed E-state index contributed by atoms with van der Waals surface area (Å²) in [7, 11) is -3.63. The number of nitrogens with zero attached hydrogens (tertiary/aromatic N) is 1. The number of piperidine rings is 1. The largest absolute Gasteiger partial charge is 0.396 e. The van der Waals surface area contributed by atoms with Crippen LogP contribution in [0.2, 0.25) is 0 Å². The van der Waals surface area contributed by atoms with Crippen molar-refractivity contribution < 1.29 is 12.8 Å². The fraction of sp³-hybridized carbons (Fsp3) is 0.571. The minimum Gasteiger partial charge on any atom is -0.396 e. The number of sulfonamides is 1. The van der Waals surface area contributed by atoms with Crippen LogP contribution in [-0.2, 0) is 10.0 Å². The van der Waals surface area contributed by atoms with Crippen LogP contribution in [0.25, 0.3) is 0 Å². The fourth-order valence-electron chi connectivity index (χ4n) is 2.80. The molecule has 2 N–H and O–H groups in total. The first-order valence-corrected chi connectivity index (χ1v) is 8.24. The molecule has 0 spiro atoms. The zero-order valence-corrected chi connectivity index (χ0v) is 12.8. The Kier molecular flexibility index (Phi) is 4.07. The van der Waals surface area contributed by atoms with Gasteiger partial charge in [-0.15, -0.1) is 0 Å². The Morgan fingerprint density at radius 3 is 2.55 bits per heavy atom. The maximum absolute atomic E-state index is 13.2. The first-order valence-electron chi connectivity index (χ1n) is 6.80. The quantitative estimate of drug-likeness (QED) is 0.853. The molecule has 6 heteroatoms. The maximum atomic E-state index is 13.2. The number of halogens is 1. The Labute approximate surface area is 119 Å². The summed E-state index contributed by atoms with van der Waals surface area (Å²) in [4.78, 5) is 0.0598. The van der Waals surface area contributed by atoms with Crippen molar-refractivity contribution in [1.82, 2.24) is 4.31 Å². The van der Waals surface area contributed by atoms with Crippen LogP contribution in [0.1, 0.15) is 27.2 Å². The van der Waals surface area contributed by atoms with E-state index in [0.29, 0.717) is 18.4 Å². The second kappa shape index (κ2) is 5.33. The fourth-order valence-corrected chi connectivity index (χ4v) is 4.68. The van der Waals surface area contributed by atoms with Crippen LogP contribution in [0.4, 0.5) is 10.1 Å². The molecule has 1 fully saturated rings. The van der Waals surface area contributed by atoms with Gasteiger partial charge >= 0.3 is 0 Å². The van der Waals surface area contributed by atoms with Crippen LogP contribution in [0.5, 0.6) is 0 Å². The number of nitrogen functional groups attached to an aromatic ring is 1. The average Bonchev–Trinajstić information content (AvgIpc) is 2.36. The monoisotopic (exact) mass is 300 g/mol. The summed E-state index contributed by atoms with van der Waals surface area (Å²) in [5.41, 5.74) is 5.34. The van der Waals surface area contributed by atoms with E-state index in [-0.39, 0.29) is 16.6 Å². The van der Waals surface area contributed by atoms with Gasteiger partial charge in [-0.3, -0.25) is 0 Å². The van der Waals surface area contributed by atoms with E-state index in [0.717, 1.165) is 12.5 Å². The highest BCUT2D eigenvalue weighted by molar-refractivity contribution is 7.89. The van der Waals surface area contributed by atoms with E-state index in [9.17, 15) is 12.8 Å². The van der Waals surface area contributed by atoms with E-state index in [1.165, 1.54) is 16.4 Å². The number of nitrogens with two attached hydrogens (primary N) is 1. The van der Waals surface area contributed by atoms with Crippen LogP contribution < -0.4 is 5.73 Å². The molecule has 1 aromatic rings. The number of anilines is 1. The Bertz CT molecular complexity index is 603. The minimum absolute atomic E-state index is 0.0598. The zero-order chi connectivity index (χ0) is 15.1. The van der Waals surface area contributed by atoms with Gasteiger partial charge in [-0.1, -0.05) is 13.8 Å². The highest BCUT2D eigenvalue weighted by Crippen LogP contribution is 2.32. The SMILES string of the molecule is CC1CC(C)C(C)N(S(=O)(=O)c2ccc(F)c(N)c2)C1. The Hall–Kier alpha value is -1.14. The molecule has 3 unspecified atom stereocenters. The van der Waals surface area contributed by atoms with Gasteiger partial charge in [0, 0.05) is 12.6 Å². The van der Waals surface area contributed by atoms with Gasteiger partial charge in [-0.2, -0.15) is 4.31 Å². The molecular weight excluding hydrogens is 279 g/mol. The van der Waals surface area contributed by atoms with Crippen molar-refractivity contribution in [3.63, 3.8) is 0 Å². The second-order valence-corrected chi connectivity index (χ2v) is 7.71. The van der Waals surface area contributed by atoms with Gasteiger partial charge in [0.15, 0.2) is 0 Å². The summed E-state index contributed by atoms with van der Waals surface area (Å²) in [5.74, 6) is 0.0115. The summed E-state index contributed by atoms with van der Waals surface area (Å²) < 4.78 is 40.1. The molecule has 20 heavy (non-hydrogen) atoms. The van der Waals surface area contributed by atoms with E-state index in [1.807, 2.05) is 13.8 Å². The smallest absolute Gasteiger partial charge is 0.243 e. The van der Waals surface area contributed by atoms with Crippen LogP contribution in [-0.4, -0.2) is 25.3 Å². The van der Waals surface area contributed by atoms with E-state index >= 15 is 0 Å². The zero-order valence-electron chi connectivity index (χ0n) is 12.0. The molecule has 0 radical (unpaired) electrons. The topological polar surface area (TPSA) is 63.4 Å². The molecule has 1 aromatic carbocycles. The lowest BCUT2D eigenvalue weighted by Crippen LogP contribution is -2.48. The Morgan fingerprint density at radius 1 is 1.30 bits per heavy atom. The highest BCUT2D eigenvalue weighted by atomic mass is 32.2. The summed E-state index contributed by atoms with van der Waals surface area (Å²) in [6.45, 7) is 6.51. The summed E-state index contributed by atoms with van der Waals surface area (Å²) in [6.07, 6.45) is 1.01. The standard InChI is InChI=1S/C14H21FN2O2S/c1-9-6-10(2)11(3)17(8-9)20(18,19)12-4-5-13(15)14(16)7-12/h4-5,7,9-11H,6,8,16H2,1-3H3. The normalized spacial score (nSPS) is 28.5. The number of benzene rings is 1. The molecule has 0 aromatic heterocycles. The van der Waals surface area contributed by atoms with E-state index in [2.05, 4.69) is 6.92 Å². The van der Waals surface area contributed by atoms with Crippen LogP contribution in [0.15, 0.2) is 23.1 Å². The molecule has 4 nitrogen and oxygen atoms in total. The lowest BCUT2D eigenvalue weighted by molar-refractivity contribution is 0.157. The van der Waals surface area contributed by atoms with Crippen molar-refractivity contribution in [3.05, 3.63) is 24.0 Å². The van der Waals surface area contributed by atoms with Crippen LogP contribution in [0.3, 0.4) is 0 Å². The van der Waals surface area contributed by atoms with Crippen LogP contribution in [0, 0.1) is 17.7 Å². The molecule has 2 rings (SSSR count). The maximum Gasteiger partial charge on any atom is 0.243 e. The number of rotatable bonds is 2. The van der Waals surface area contributed by atoms with Crippen molar-refractivity contribution in [1.29, 1.82) is 0 Å². The van der Waals surface area contributed by atoms with Gasteiger partial charge in [-0.25, -0.2) is 12.8 Å². The highest BCUT2D eigenvalue weighted by Gasteiger charge is 2.37. The summed E-state index contributed by atoms with van der Waals surface area (Å²) in [6, 6.07) is 3.50. The molecule has 3 atom stereocenters. The van der Waals surface area contributed by atoms with Crippen LogP contribution >= 0.6 is 0 Å². The van der Waals surface area contributed by atoms with Gasteiger partial charge in [-0.05, 0) is 43.4 Å². The molecule has 0 aliphatic carbocycles. The van der Waals surface area contributed by atoms with Crippen molar-refractivity contribution >= 4 is 15.7 Å². The molecule has 0 bridgehead atoms. The van der Waals surface area contributed by atoms with E-state index < -0.39 is 15.8 Å². The summed E-state index contributed by atoms with van der Waals surface area (Å²) >= 11 is 0. The van der Waals surface area contributed by atoms with E-state index in [4.69, 9.17) is 5.73 Å². The third-order valence-electron chi connectivity index (χ3n) is 4.12. The predicted molar refractivity (Wildman–Crippen MR) is 77.1 cm³/mol. The molecule has 1 heterocycles. The average molecular weight is 300 g/mol. The first-order chi connectivity index (χ1) is 9.23. The Morgan fingerprint density at radius 2 is 1.95 bits per heavy atom. The van der Waals surface area contributed by atoms with Gasteiger partial charge in [0.2, 0.25) is 10.0 Å². The molecular formula is C14H21FN2O2S. The lowest BCUT2D eigenvalue weighted by atomic mass is 9.88. The van der Waals surface area contributed by atoms with Gasteiger partial charge in [0.25, 0.3) is 0 Å². The van der Waals surface area contributed by atoms with Crippen molar-refractivity contribution in [2.24, 2.45) is 11.8 Å². The second-order valence-electron chi connectivity index (χ2n) is 5.82. The Balaban J connectivity index is 2.40. The van der Waals surface area contributed by atoms with Crippen molar-refractivity contribution in [2.75, 3.05) is 12.3 Å². The van der Waals surface area contributed by atoms with Gasteiger partial charge in [0.05, 0.1) is 10.6 Å². The molecule has 112 valence electrons. The third-order valence-corrected chi connectivity index (χ3v) is 6.07. The molecule has 1 saturated heterocycles. The van der Waals surface area contributed by atoms with E-state index in [1.54, 1.807) is 0 Å². The minimum atomic E-state index is -3.63. The lowest BCUT2D eigenvalue weighted by Gasteiger charge is -2.40. The van der Waals surface area contributed by atoms with Crippen molar-refractivity contribution in [2.45, 2.75) is 38.1 Å². The molecule has 0 saturated carbocycles. The number of hydrogen-bond donors (Lipinski definition) is 1. The van der Waals surface area contributed by atoms with Gasteiger partial charge in [0.1, 0.15) is 5.82 Å². The van der Waals surface area contributed by atoms with Crippen molar-refractivity contribution in [3.8, 4) is 0 Å².